The highest BCUT2D eigenvalue weighted by atomic mass is 32.2. The number of hydrogen-bond donors (Lipinski definition) is 2. The van der Waals surface area contributed by atoms with Crippen LogP contribution in [0.25, 0.3) is 0 Å². The number of nitrogens with one attached hydrogen (secondary N) is 2. The average Bonchev–Trinajstić information content (AvgIpc) is 2.44. The Kier molecular flexibility index (Phi) is 5.98. The van der Waals surface area contributed by atoms with Crippen molar-refractivity contribution in [3.8, 4) is 0 Å². The largest absolute Gasteiger partial charge is 0.383 e. The van der Waals surface area contributed by atoms with Gasteiger partial charge >= 0.3 is 0 Å². The second kappa shape index (κ2) is 7.97. The minimum atomic E-state index is -0.121. The van der Waals surface area contributed by atoms with E-state index in [1.165, 1.54) is 23.4 Å². The van der Waals surface area contributed by atoms with Crippen molar-refractivity contribution in [1.82, 2.24) is 15.3 Å². The van der Waals surface area contributed by atoms with Gasteiger partial charge in [0, 0.05) is 36.9 Å². The van der Waals surface area contributed by atoms with Gasteiger partial charge in [-0.25, -0.2) is 4.98 Å². The first-order valence-electron chi connectivity index (χ1n) is 6.72. The van der Waals surface area contributed by atoms with Crippen LogP contribution in [0.2, 0.25) is 0 Å². The van der Waals surface area contributed by atoms with E-state index in [-0.39, 0.29) is 5.56 Å². The van der Waals surface area contributed by atoms with Crippen LogP contribution >= 0.6 is 11.8 Å². The van der Waals surface area contributed by atoms with Crippen LogP contribution in [0, 0.1) is 6.92 Å². The lowest BCUT2D eigenvalue weighted by atomic mass is 10.2. The third kappa shape index (κ3) is 5.34. The maximum atomic E-state index is 11.4. The van der Waals surface area contributed by atoms with Crippen molar-refractivity contribution in [2.45, 2.75) is 23.5 Å². The first kappa shape index (κ1) is 15.8. The lowest BCUT2D eigenvalue weighted by Gasteiger charge is -2.06. The van der Waals surface area contributed by atoms with E-state index in [0.29, 0.717) is 11.8 Å². The molecule has 1 aromatic heterocycles. The maximum absolute atomic E-state index is 11.4. The highest BCUT2D eigenvalue weighted by Crippen LogP contribution is 2.24. The van der Waals surface area contributed by atoms with Crippen LogP contribution in [0.4, 0.5) is 0 Å². The molecule has 0 aliphatic heterocycles. The second-order valence-electron chi connectivity index (χ2n) is 4.61. The summed E-state index contributed by atoms with van der Waals surface area (Å²) >= 11 is 1.45. The summed E-state index contributed by atoms with van der Waals surface area (Å²) in [6.07, 6.45) is 0. The summed E-state index contributed by atoms with van der Waals surface area (Å²) in [5, 5.41) is 3.91. The predicted molar refractivity (Wildman–Crippen MR) is 83.7 cm³/mol. The van der Waals surface area contributed by atoms with Crippen molar-refractivity contribution in [1.29, 1.82) is 0 Å². The van der Waals surface area contributed by atoms with Gasteiger partial charge < -0.3 is 15.0 Å². The molecule has 1 aromatic carbocycles. The van der Waals surface area contributed by atoms with E-state index in [9.17, 15) is 4.79 Å². The van der Waals surface area contributed by atoms with Gasteiger partial charge in [-0.05, 0) is 24.6 Å². The highest BCUT2D eigenvalue weighted by molar-refractivity contribution is 7.99. The zero-order chi connectivity index (χ0) is 15.1. The molecule has 21 heavy (non-hydrogen) atoms. The van der Waals surface area contributed by atoms with Crippen molar-refractivity contribution in [3.63, 3.8) is 0 Å². The third-order valence-corrected chi connectivity index (χ3v) is 3.69. The number of hydrogen-bond acceptors (Lipinski definition) is 5. The fraction of sp³-hybridized carbons (Fsp3) is 0.333. The van der Waals surface area contributed by atoms with E-state index in [1.54, 1.807) is 7.11 Å². The number of ether oxygens (including phenoxy) is 1. The van der Waals surface area contributed by atoms with Gasteiger partial charge in [-0.15, -0.1) is 0 Å². The predicted octanol–water partition coefficient (Wildman–Crippen LogP) is 1.97. The molecule has 1 heterocycles. The Balaban J connectivity index is 1.94. The quantitative estimate of drug-likeness (QED) is 0.605. The van der Waals surface area contributed by atoms with E-state index >= 15 is 0 Å². The van der Waals surface area contributed by atoms with Crippen molar-refractivity contribution >= 4 is 11.8 Å². The zero-order valence-corrected chi connectivity index (χ0v) is 13.0. The summed E-state index contributed by atoms with van der Waals surface area (Å²) in [6, 6.07) is 9.67. The highest BCUT2D eigenvalue weighted by Gasteiger charge is 2.02. The number of methoxy groups -OCH3 is 1. The molecule has 2 aromatic rings. The molecule has 0 bridgehead atoms. The van der Waals surface area contributed by atoms with Crippen molar-refractivity contribution in [2.75, 3.05) is 20.3 Å². The topological polar surface area (TPSA) is 67.0 Å². The summed E-state index contributed by atoms with van der Waals surface area (Å²) < 4.78 is 4.98. The SMILES string of the molecule is COCCNCc1ccc(Sc2nc(C)cc(=O)[nH]2)cc1. The van der Waals surface area contributed by atoms with Gasteiger partial charge in [0.15, 0.2) is 5.16 Å². The summed E-state index contributed by atoms with van der Waals surface area (Å²) in [6.45, 7) is 4.17. The number of aromatic amines is 1. The Morgan fingerprint density at radius 1 is 1.33 bits per heavy atom. The Morgan fingerprint density at radius 2 is 2.10 bits per heavy atom. The molecule has 112 valence electrons. The van der Waals surface area contributed by atoms with Crippen molar-refractivity contribution in [3.05, 3.63) is 51.9 Å². The van der Waals surface area contributed by atoms with E-state index < -0.39 is 0 Å². The van der Waals surface area contributed by atoms with E-state index in [2.05, 4.69) is 27.4 Å². The molecule has 2 rings (SSSR count). The molecule has 0 amide bonds. The number of nitrogens with zero attached hydrogens (tertiary/aromatic N) is 1. The maximum Gasteiger partial charge on any atom is 0.251 e. The summed E-state index contributed by atoms with van der Waals surface area (Å²) in [5.41, 5.74) is 1.81. The van der Waals surface area contributed by atoms with E-state index in [1.807, 2.05) is 19.1 Å². The molecule has 0 saturated heterocycles. The first-order valence-corrected chi connectivity index (χ1v) is 7.53. The van der Waals surface area contributed by atoms with Crippen LogP contribution in [0.15, 0.2) is 45.2 Å². The molecule has 0 atom stereocenters. The molecule has 0 fully saturated rings. The van der Waals surface area contributed by atoms with Crippen LogP contribution in [0.1, 0.15) is 11.3 Å². The molecule has 2 N–H and O–H groups in total. The molecule has 0 radical (unpaired) electrons. The summed E-state index contributed by atoms with van der Waals surface area (Å²) in [5.74, 6) is 0. The molecule has 0 unspecified atom stereocenters. The van der Waals surface area contributed by atoms with Crippen LogP contribution in [0.3, 0.4) is 0 Å². The minimum Gasteiger partial charge on any atom is -0.383 e. The Morgan fingerprint density at radius 3 is 2.76 bits per heavy atom. The fourth-order valence-corrected chi connectivity index (χ4v) is 2.63. The molecule has 0 spiro atoms. The number of H-pyrrole nitrogens is 1. The summed E-state index contributed by atoms with van der Waals surface area (Å²) in [7, 11) is 1.69. The lowest BCUT2D eigenvalue weighted by molar-refractivity contribution is 0.199. The van der Waals surface area contributed by atoms with Gasteiger partial charge in [-0.2, -0.15) is 0 Å². The van der Waals surface area contributed by atoms with Crippen LogP contribution < -0.4 is 10.9 Å². The number of benzene rings is 1. The van der Waals surface area contributed by atoms with Gasteiger partial charge in [0.2, 0.25) is 0 Å². The molecular formula is C15H19N3O2S. The molecule has 6 heteroatoms. The molecule has 5 nitrogen and oxygen atoms in total. The van der Waals surface area contributed by atoms with E-state index in [4.69, 9.17) is 4.74 Å². The Hall–Kier alpha value is -1.63. The third-order valence-electron chi connectivity index (χ3n) is 2.80. The number of rotatable bonds is 7. The van der Waals surface area contributed by atoms with Gasteiger partial charge in [0.25, 0.3) is 5.56 Å². The monoisotopic (exact) mass is 305 g/mol. The average molecular weight is 305 g/mol. The fourth-order valence-electron chi connectivity index (χ4n) is 1.79. The smallest absolute Gasteiger partial charge is 0.251 e. The van der Waals surface area contributed by atoms with Gasteiger partial charge in [0.1, 0.15) is 0 Å². The summed E-state index contributed by atoms with van der Waals surface area (Å²) in [4.78, 5) is 19.5. The lowest BCUT2D eigenvalue weighted by Crippen LogP contribution is -2.18. The Bertz CT molecular complexity index is 626. The van der Waals surface area contributed by atoms with E-state index in [0.717, 1.165) is 23.7 Å². The normalized spacial score (nSPS) is 10.8. The first-order chi connectivity index (χ1) is 10.2. The molecule has 0 aliphatic rings. The second-order valence-corrected chi connectivity index (χ2v) is 5.67. The van der Waals surface area contributed by atoms with Gasteiger partial charge in [0.05, 0.1) is 6.61 Å². The molecular weight excluding hydrogens is 286 g/mol. The standard InChI is InChI=1S/C15H19N3O2S/c1-11-9-14(19)18-15(17-11)21-13-5-3-12(4-6-13)10-16-7-8-20-2/h3-6,9,16H,7-8,10H2,1-2H3,(H,17,18,19). The van der Waals surface area contributed by atoms with Gasteiger partial charge in [-0.3, -0.25) is 4.79 Å². The number of aromatic nitrogens is 2. The number of aryl methyl sites for hydroxylation is 1. The van der Waals surface area contributed by atoms with Crippen molar-refractivity contribution in [2.24, 2.45) is 0 Å². The zero-order valence-electron chi connectivity index (χ0n) is 12.2. The van der Waals surface area contributed by atoms with Gasteiger partial charge in [-0.1, -0.05) is 23.9 Å². The Labute approximate surface area is 128 Å². The molecule has 0 aliphatic carbocycles. The molecule has 0 saturated carbocycles. The van der Waals surface area contributed by atoms with Crippen LogP contribution in [-0.2, 0) is 11.3 Å². The van der Waals surface area contributed by atoms with Crippen LogP contribution in [0.5, 0.6) is 0 Å². The van der Waals surface area contributed by atoms with Crippen molar-refractivity contribution < 1.29 is 4.74 Å². The minimum absolute atomic E-state index is 0.121. The van der Waals surface area contributed by atoms with Crippen LogP contribution in [-0.4, -0.2) is 30.2 Å².